The second-order valence-electron chi connectivity index (χ2n) is 6.55. The highest BCUT2D eigenvalue weighted by atomic mass is 35.5. The van der Waals surface area contributed by atoms with E-state index in [1.807, 2.05) is 17.9 Å². The molecule has 27 heavy (non-hydrogen) atoms. The Hall–Kier alpha value is -2.02. The third kappa shape index (κ3) is 5.03. The summed E-state index contributed by atoms with van der Waals surface area (Å²) in [6.45, 7) is 2.69. The minimum absolute atomic E-state index is 0.150. The second-order valence-corrected chi connectivity index (χ2v) is 7.39. The van der Waals surface area contributed by atoms with Gasteiger partial charge in [-0.25, -0.2) is 0 Å². The molecule has 2 aromatic rings. The molecule has 8 heteroatoms. The summed E-state index contributed by atoms with van der Waals surface area (Å²) in [4.78, 5) is 26.9. The van der Waals surface area contributed by atoms with Crippen LogP contribution in [0.4, 0.5) is 5.69 Å². The maximum Gasteiger partial charge on any atom is 0.241 e. The Labute approximate surface area is 167 Å². The SMILES string of the molecule is CC(NC(=O)CN1CCCC1C(=O)Nc1ccc(Cl)cc1Cl)c1ccco1. The number of amides is 2. The summed E-state index contributed by atoms with van der Waals surface area (Å²) < 4.78 is 5.30. The molecule has 3 rings (SSSR count). The van der Waals surface area contributed by atoms with Crippen LogP contribution in [-0.2, 0) is 9.59 Å². The number of hydrogen-bond donors (Lipinski definition) is 2. The van der Waals surface area contributed by atoms with Crippen molar-refractivity contribution in [3.8, 4) is 0 Å². The Bertz CT molecular complexity index is 811. The Morgan fingerprint density at radius 2 is 2.15 bits per heavy atom. The Kier molecular flexibility index (Phi) is 6.42. The average Bonchev–Trinajstić information content (AvgIpc) is 3.28. The number of benzene rings is 1. The van der Waals surface area contributed by atoms with Gasteiger partial charge < -0.3 is 15.1 Å². The monoisotopic (exact) mass is 409 g/mol. The molecule has 144 valence electrons. The molecule has 2 atom stereocenters. The molecule has 1 aliphatic heterocycles. The van der Waals surface area contributed by atoms with E-state index in [0.29, 0.717) is 34.5 Å². The van der Waals surface area contributed by atoms with E-state index in [0.717, 1.165) is 6.42 Å². The normalized spacial score (nSPS) is 18.3. The number of anilines is 1. The van der Waals surface area contributed by atoms with Gasteiger partial charge >= 0.3 is 0 Å². The minimum Gasteiger partial charge on any atom is -0.467 e. The lowest BCUT2D eigenvalue weighted by Gasteiger charge is -2.24. The zero-order valence-corrected chi connectivity index (χ0v) is 16.4. The summed E-state index contributed by atoms with van der Waals surface area (Å²) in [5, 5.41) is 6.60. The zero-order chi connectivity index (χ0) is 19.4. The van der Waals surface area contributed by atoms with Crippen LogP contribution in [0.2, 0.25) is 10.0 Å². The number of carbonyl (C=O) groups excluding carboxylic acids is 2. The number of hydrogen-bond acceptors (Lipinski definition) is 4. The van der Waals surface area contributed by atoms with Crippen LogP contribution >= 0.6 is 23.2 Å². The molecule has 1 aromatic carbocycles. The van der Waals surface area contributed by atoms with Crippen molar-refractivity contribution in [2.45, 2.75) is 31.8 Å². The quantitative estimate of drug-likeness (QED) is 0.759. The van der Waals surface area contributed by atoms with Gasteiger partial charge in [0.1, 0.15) is 5.76 Å². The highest BCUT2D eigenvalue weighted by Gasteiger charge is 2.32. The van der Waals surface area contributed by atoms with Gasteiger partial charge in [0.05, 0.1) is 35.6 Å². The van der Waals surface area contributed by atoms with E-state index < -0.39 is 0 Å². The maximum absolute atomic E-state index is 12.7. The first-order valence-electron chi connectivity index (χ1n) is 8.77. The van der Waals surface area contributed by atoms with Crippen LogP contribution in [0.3, 0.4) is 0 Å². The lowest BCUT2D eigenvalue weighted by atomic mass is 10.2. The van der Waals surface area contributed by atoms with Crippen LogP contribution in [0.15, 0.2) is 41.0 Å². The summed E-state index contributed by atoms with van der Waals surface area (Å²) in [5.74, 6) is 0.364. The van der Waals surface area contributed by atoms with E-state index in [4.69, 9.17) is 27.6 Å². The molecular weight excluding hydrogens is 389 g/mol. The number of carbonyl (C=O) groups is 2. The minimum atomic E-state index is -0.374. The molecule has 1 aromatic heterocycles. The van der Waals surface area contributed by atoms with Gasteiger partial charge in [-0.15, -0.1) is 0 Å². The molecule has 2 N–H and O–H groups in total. The maximum atomic E-state index is 12.7. The number of nitrogens with zero attached hydrogens (tertiary/aromatic N) is 1. The van der Waals surface area contributed by atoms with Crippen molar-refractivity contribution in [3.63, 3.8) is 0 Å². The number of nitrogens with one attached hydrogen (secondary N) is 2. The van der Waals surface area contributed by atoms with Crippen molar-refractivity contribution in [1.82, 2.24) is 10.2 Å². The predicted molar refractivity (Wildman–Crippen MR) is 105 cm³/mol. The molecule has 0 saturated carbocycles. The summed E-state index contributed by atoms with van der Waals surface area (Å²) in [5.41, 5.74) is 0.508. The van der Waals surface area contributed by atoms with Crippen molar-refractivity contribution in [1.29, 1.82) is 0 Å². The van der Waals surface area contributed by atoms with Crippen molar-refractivity contribution in [2.24, 2.45) is 0 Å². The number of likely N-dealkylation sites (tertiary alicyclic amines) is 1. The summed E-state index contributed by atoms with van der Waals surface area (Å²) in [7, 11) is 0. The fourth-order valence-electron chi connectivity index (χ4n) is 3.20. The van der Waals surface area contributed by atoms with Crippen molar-refractivity contribution in [2.75, 3.05) is 18.4 Å². The number of halogens is 2. The molecule has 2 unspecified atom stereocenters. The first-order valence-corrected chi connectivity index (χ1v) is 9.52. The molecule has 0 spiro atoms. The fraction of sp³-hybridized carbons (Fsp3) is 0.368. The van der Waals surface area contributed by atoms with E-state index in [2.05, 4.69) is 10.6 Å². The van der Waals surface area contributed by atoms with Crippen LogP contribution in [-0.4, -0.2) is 35.8 Å². The summed E-state index contributed by atoms with van der Waals surface area (Å²) in [6, 6.07) is 7.90. The molecular formula is C19H21Cl2N3O3. The van der Waals surface area contributed by atoms with E-state index in [9.17, 15) is 9.59 Å². The smallest absolute Gasteiger partial charge is 0.241 e. The first kappa shape index (κ1) is 19.7. The third-order valence-corrected chi connectivity index (χ3v) is 5.10. The molecule has 6 nitrogen and oxygen atoms in total. The highest BCUT2D eigenvalue weighted by molar-refractivity contribution is 6.36. The number of furan rings is 1. The lowest BCUT2D eigenvalue weighted by molar-refractivity contribution is -0.125. The highest BCUT2D eigenvalue weighted by Crippen LogP contribution is 2.27. The van der Waals surface area contributed by atoms with E-state index in [-0.39, 0.29) is 30.4 Å². The van der Waals surface area contributed by atoms with Crippen molar-refractivity contribution in [3.05, 3.63) is 52.4 Å². The van der Waals surface area contributed by atoms with Gasteiger partial charge in [0.15, 0.2) is 0 Å². The topological polar surface area (TPSA) is 74.6 Å². The average molecular weight is 410 g/mol. The van der Waals surface area contributed by atoms with Crippen LogP contribution in [0, 0.1) is 0 Å². The predicted octanol–water partition coefficient (Wildman–Crippen LogP) is 3.87. The number of rotatable bonds is 6. The van der Waals surface area contributed by atoms with Crippen molar-refractivity contribution < 1.29 is 14.0 Å². The summed E-state index contributed by atoms with van der Waals surface area (Å²) in [6.07, 6.45) is 3.12. The van der Waals surface area contributed by atoms with Gasteiger partial charge in [-0.2, -0.15) is 0 Å². The lowest BCUT2D eigenvalue weighted by Crippen LogP contribution is -2.45. The molecule has 2 heterocycles. The molecule has 0 radical (unpaired) electrons. The van der Waals surface area contributed by atoms with Gasteiger partial charge in [0, 0.05) is 5.02 Å². The molecule has 0 aliphatic carbocycles. The van der Waals surface area contributed by atoms with E-state index in [1.54, 1.807) is 30.5 Å². The van der Waals surface area contributed by atoms with Gasteiger partial charge in [-0.05, 0) is 56.6 Å². The van der Waals surface area contributed by atoms with Gasteiger partial charge in [-0.1, -0.05) is 23.2 Å². The molecule has 1 fully saturated rings. The van der Waals surface area contributed by atoms with E-state index in [1.165, 1.54) is 0 Å². The third-order valence-electron chi connectivity index (χ3n) is 4.55. The van der Waals surface area contributed by atoms with Crippen LogP contribution in [0.5, 0.6) is 0 Å². The molecule has 0 bridgehead atoms. The Balaban J connectivity index is 1.57. The van der Waals surface area contributed by atoms with Crippen LogP contribution < -0.4 is 10.6 Å². The van der Waals surface area contributed by atoms with Gasteiger partial charge in [-0.3, -0.25) is 14.5 Å². The largest absolute Gasteiger partial charge is 0.467 e. The molecule has 2 amide bonds. The second kappa shape index (κ2) is 8.78. The van der Waals surface area contributed by atoms with Gasteiger partial charge in [0.25, 0.3) is 0 Å². The standard InChI is InChI=1S/C19H21Cl2N3O3/c1-12(17-5-3-9-27-17)22-18(25)11-24-8-2-4-16(24)19(26)23-15-7-6-13(20)10-14(15)21/h3,5-7,9-10,12,16H,2,4,8,11H2,1H3,(H,22,25)(H,23,26). The van der Waals surface area contributed by atoms with E-state index >= 15 is 0 Å². The Morgan fingerprint density at radius 1 is 1.33 bits per heavy atom. The van der Waals surface area contributed by atoms with Crippen LogP contribution in [0.1, 0.15) is 31.6 Å². The van der Waals surface area contributed by atoms with Crippen LogP contribution in [0.25, 0.3) is 0 Å². The molecule has 1 aliphatic rings. The fourth-order valence-corrected chi connectivity index (χ4v) is 3.66. The molecule has 1 saturated heterocycles. The zero-order valence-electron chi connectivity index (χ0n) is 14.9. The Morgan fingerprint density at radius 3 is 2.85 bits per heavy atom. The first-order chi connectivity index (χ1) is 12.9. The van der Waals surface area contributed by atoms with Crippen molar-refractivity contribution >= 4 is 40.7 Å². The van der Waals surface area contributed by atoms with Gasteiger partial charge in [0.2, 0.25) is 11.8 Å². The summed E-state index contributed by atoms with van der Waals surface area (Å²) >= 11 is 12.0.